The third-order valence-electron chi connectivity index (χ3n) is 2.73. The molecule has 106 valence electrons. The predicted octanol–water partition coefficient (Wildman–Crippen LogP) is 2.49. The van der Waals surface area contributed by atoms with Gasteiger partial charge >= 0.3 is 5.97 Å². The van der Waals surface area contributed by atoms with E-state index in [0.29, 0.717) is 0 Å². The number of carbonyl (C=O) groups excluding carboxylic acids is 1. The van der Waals surface area contributed by atoms with Crippen LogP contribution in [-0.4, -0.2) is 31.5 Å². The molecule has 0 radical (unpaired) electrons. The lowest BCUT2D eigenvalue weighted by molar-refractivity contribution is -0.135. The third-order valence-corrected chi connectivity index (χ3v) is 2.73. The van der Waals surface area contributed by atoms with Gasteiger partial charge in [0.05, 0.1) is 6.54 Å². The second-order valence-electron chi connectivity index (χ2n) is 4.59. The van der Waals surface area contributed by atoms with Gasteiger partial charge in [-0.1, -0.05) is 32.4 Å². The first kappa shape index (κ1) is 19.2. The Hall–Kier alpha value is -1.16. The van der Waals surface area contributed by atoms with E-state index >= 15 is 0 Å². The molecule has 0 spiro atoms. The van der Waals surface area contributed by atoms with Crippen molar-refractivity contribution in [1.82, 2.24) is 5.32 Å². The Morgan fingerprint density at radius 3 is 2.39 bits per heavy atom. The molecular formula is C14H27NO3. The van der Waals surface area contributed by atoms with Crippen LogP contribution in [0.15, 0.2) is 12.2 Å². The first-order chi connectivity index (χ1) is 8.56. The molecule has 1 unspecified atom stereocenters. The zero-order chi connectivity index (χ0) is 14.4. The summed E-state index contributed by atoms with van der Waals surface area (Å²) in [5, 5.41) is 10.3. The molecule has 0 aromatic rings. The summed E-state index contributed by atoms with van der Waals surface area (Å²) in [6.45, 7) is 6.72. The molecule has 0 bridgehead atoms. The predicted molar refractivity (Wildman–Crippen MR) is 74.6 cm³/mol. The zero-order valence-corrected chi connectivity index (χ0v) is 11.8. The highest BCUT2D eigenvalue weighted by atomic mass is 16.4. The molecule has 0 saturated carbocycles. The van der Waals surface area contributed by atoms with Crippen LogP contribution in [0, 0.1) is 11.8 Å². The van der Waals surface area contributed by atoms with E-state index in [2.05, 4.69) is 31.3 Å². The molecule has 1 aliphatic carbocycles. The lowest BCUT2D eigenvalue weighted by atomic mass is 9.91. The average molecular weight is 257 g/mol. The smallest absolute Gasteiger partial charge is 0.317 e. The van der Waals surface area contributed by atoms with Crippen molar-refractivity contribution < 1.29 is 14.7 Å². The SMILES string of the molecule is C=O.CC1CC/C=C/[C@H](C)CC1.CNCC(=O)O. The maximum Gasteiger partial charge on any atom is 0.317 e. The standard InChI is InChI=1S/C10H18.C3H7NO2.CH2O/c1-9-5-3-4-6-10(2)8-7-9;1-4-2-3(5)6;1-2/h3,5,9-10H,4,6-8H2,1-2H3;4H,2H2,1H3,(H,5,6);1H2/b5-3+;;/t9-,10?;;/m0../s1. The van der Waals surface area contributed by atoms with E-state index in [1.165, 1.54) is 25.7 Å². The Kier molecular flexibility index (Phi) is 14.8. The number of hydrogen-bond acceptors (Lipinski definition) is 3. The Morgan fingerprint density at radius 2 is 1.94 bits per heavy atom. The zero-order valence-electron chi connectivity index (χ0n) is 11.8. The van der Waals surface area contributed by atoms with Crippen molar-refractivity contribution in [2.75, 3.05) is 13.6 Å². The fourth-order valence-corrected chi connectivity index (χ4v) is 1.65. The minimum absolute atomic E-state index is 0.0417. The lowest BCUT2D eigenvalue weighted by Crippen LogP contribution is -2.16. The molecule has 0 aromatic heterocycles. The Labute approximate surface area is 110 Å². The van der Waals surface area contributed by atoms with Gasteiger partial charge in [0, 0.05) is 0 Å². The number of hydrogen-bond donors (Lipinski definition) is 2. The van der Waals surface area contributed by atoms with Crippen molar-refractivity contribution in [1.29, 1.82) is 0 Å². The second-order valence-corrected chi connectivity index (χ2v) is 4.59. The van der Waals surface area contributed by atoms with Gasteiger partial charge in [0.25, 0.3) is 0 Å². The molecule has 0 fully saturated rings. The summed E-state index contributed by atoms with van der Waals surface area (Å²) < 4.78 is 0. The summed E-state index contributed by atoms with van der Waals surface area (Å²) in [4.78, 5) is 17.5. The minimum Gasteiger partial charge on any atom is -0.480 e. The summed E-state index contributed by atoms with van der Waals surface area (Å²) in [5.41, 5.74) is 0. The molecule has 0 aliphatic heterocycles. The van der Waals surface area contributed by atoms with E-state index in [1.807, 2.05) is 6.79 Å². The molecule has 4 heteroatoms. The van der Waals surface area contributed by atoms with Crippen LogP contribution in [0.5, 0.6) is 0 Å². The van der Waals surface area contributed by atoms with Gasteiger partial charge in [-0.15, -0.1) is 0 Å². The number of rotatable bonds is 2. The molecular weight excluding hydrogens is 230 g/mol. The van der Waals surface area contributed by atoms with Crippen molar-refractivity contribution in [3.05, 3.63) is 12.2 Å². The lowest BCUT2D eigenvalue weighted by Gasteiger charge is -2.15. The van der Waals surface area contributed by atoms with E-state index in [0.717, 1.165) is 11.8 Å². The fraction of sp³-hybridized carbons (Fsp3) is 0.714. The highest BCUT2D eigenvalue weighted by Gasteiger charge is 2.06. The molecule has 4 nitrogen and oxygen atoms in total. The van der Waals surface area contributed by atoms with Gasteiger partial charge in [0.2, 0.25) is 0 Å². The van der Waals surface area contributed by atoms with Crippen LogP contribution in [-0.2, 0) is 9.59 Å². The Bertz CT molecular complexity index is 229. The monoisotopic (exact) mass is 257 g/mol. The maximum absolute atomic E-state index is 9.54. The number of nitrogens with one attached hydrogen (secondary N) is 1. The first-order valence-electron chi connectivity index (χ1n) is 6.38. The summed E-state index contributed by atoms with van der Waals surface area (Å²) in [5.74, 6) is 0.952. The molecule has 18 heavy (non-hydrogen) atoms. The summed E-state index contributed by atoms with van der Waals surface area (Å²) in [7, 11) is 1.59. The third kappa shape index (κ3) is 14.8. The number of carboxylic acids is 1. The van der Waals surface area contributed by atoms with Crippen molar-refractivity contribution in [2.45, 2.75) is 39.5 Å². The van der Waals surface area contributed by atoms with Gasteiger partial charge in [-0.05, 0) is 38.1 Å². The molecule has 0 amide bonds. The van der Waals surface area contributed by atoms with Crippen LogP contribution in [0.2, 0.25) is 0 Å². The van der Waals surface area contributed by atoms with Crippen LogP contribution in [0.3, 0.4) is 0 Å². The van der Waals surface area contributed by atoms with Crippen molar-refractivity contribution in [3.63, 3.8) is 0 Å². The van der Waals surface area contributed by atoms with E-state index in [-0.39, 0.29) is 6.54 Å². The quantitative estimate of drug-likeness (QED) is 0.746. The van der Waals surface area contributed by atoms with Crippen LogP contribution in [0.1, 0.15) is 39.5 Å². The molecule has 0 aromatic carbocycles. The number of carbonyl (C=O) groups is 2. The Balaban J connectivity index is 0. The van der Waals surface area contributed by atoms with Gasteiger partial charge in [0.1, 0.15) is 6.79 Å². The number of carboxylic acid groups (broad SMARTS) is 1. The van der Waals surface area contributed by atoms with E-state index in [9.17, 15) is 4.79 Å². The molecule has 0 heterocycles. The van der Waals surface area contributed by atoms with Crippen molar-refractivity contribution >= 4 is 12.8 Å². The topological polar surface area (TPSA) is 66.4 Å². The maximum atomic E-state index is 9.54. The molecule has 1 aliphatic rings. The van der Waals surface area contributed by atoms with Crippen LogP contribution < -0.4 is 5.32 Å². The number of aliphatic carboxylic acids is 1. The number of allylic oxidation sites excluding steroid dienone is 2. The highest BCUT2D eigenvalue weighted by molar-refractivity contribution is 5.68. The minimum atomic E-state index is -0.822. The first-order valence-corrected chi connectivity index (χ1v) is 6.38. The summed E-state index contributed by atoms with van der Waals surface area (Å²) >= 11 is 0. The fourth-order valence-electron chi connectivity index (χ4n) is 1.65. The van der Waals surface area contributed by atoms with Crippen LogP contribution in [0.25, 0.3) is 0 Å². The van der Waals surface area contributed by atoms with Gasteiger partial charge in [-0.2, -0.15) is 0 Å². The van der Waals surface area contributed by atoms with Gasteiger partial charge in [-0.25, -0.2) is 0 Å². The van der Waals surface area contributed by atoms with Crippen LogP contribution >= 0.6 is 0 Å². The van der Waals surface area contributed by atoms with Gasteiger partial charge in [0.15, 0.2) is 0 Å². The summed E-state index contributed by atoms with van der Waals surface area (Å²) in [6.07, 6.45) is 10.2. The highest BCUT2D eigenvalue weighted by Crippen LogP contribution is 2.20. The van der Waals surface area contributed by atoms with E-state index < -0.39 is 5.97 Å². The Morgan fingerprint density at radius 1 is 1.33 bits per heavy atom. The molecule has 2 N–H and O–H groups in total. The molecule has 1 rings (SSSR count). The van der Waals surface area contributed by atoms with Gasteiger partial charge in [-0.3, -0.25) is 4.79 Å². The second kappa shape index (κ2) is 13.9. The normalized spacial score (nSPS) is 24.2. The molecule has 2 atom stereocenters. The summed E-state index contributed by atoms with van der Waals surface area (Å²) in [6, 6.07) is 0. The van der Waals surface area contributed by atoms with Crippen LogP contribution in [0.4, 0.5) is 0 Å². The van der Waals surface area contributed by atoms with E-state index in [1.54, 1.807) is 7.05 Å². The van der Waals surface area contributed by atoms with Gasteiger partial charge < -0.3 is 15.2 Å². The average Bonchev–Trinajstić information content (AvgIpc) is 2.33. The van der Waals surface area contributed by atoms with Crippen molar-refractivity contribution in [3.8, 4) is 0 Å². The number of likely N-dealkylation sites (N-methyl/N-ethyl adjacent to an activating group) is 1. The molecule has 0 saturated heterocycles. The van der Waals surface area contributed by atoms with Crippen molar-refractivity contribution in [2.24, 2.45) is 11.8 Å². The van der Waals surface area contributed by atoms with E-state index in [4.69, 9.17) is 9.90 Å². The largest absolute Gasteiger partial charge is 0.480 e.